The van der Waals surface area contributed by atoms with Crippen LogP contribution in [0.15, 0.2) is 24.3 Å². The minimum Gasteiger partial charge on any atom is -0.477 e. The van der Waals surface area contributed by atoms with Crippen LogP contribution in [-0.4, -0.2) is 215 Å². The molecule has 3 heterocycles. The quantitative estimate of drug-likeness (QED) is 0.0202. The summed E-state index contributed by atoms with van der Waals surface area (Å²) in [5.41, 5.74) is 0. The number of aliphatic carboxylic acids is 1. The van der Waals surface area contributed by atoms with Gasteiger partial charge in [-0.05, 0) is 44.9 Å². The number of aliphatic hydroxyl groups is 11. The molecule has 0 bridgehead atoms. The summed E-state index contributed by atoms with van der Waals surface area (Å²) < 4.78 is 34.8. The number of unbranched alkanes of at least 4 members (excludes halogenated alkanes) is 35. The van der Waals surface area contributed by atoms with Crippen molar-refractivity contribution in [2.24, 2.45) is 0 Å². The second-order valence-electron chi connectivity index (χ2n) is 27.2. The number of amides is 2. The van der Waals surface area contributed by atoms with Gasteiger partial charge in [0.2, 0.25) is 11.8 Å². The molecule has 14 N–H and O–H groups in total. The first-order valence-electron chi connectivity index (χ1n) is 37.2. The number of carbonyl (C=O) groups excluding carboxylic acids is 2. The second-order valence-corrected chi connectivity index (χ2v) is 27.2. The van der Waals surface area contributed by atoms with E-state index in [0.29, 0.717) is 12.8 Å². The third-order valence-corrected chi connectivity index (χ3v) is 18.9. The molecule has 18 atom stereocenters. The van der Waals surface area contributed by atoms with Gasteiger partial charge in [0.1, 0.15) is 67.1 Å². The van der Waals surface area contributed by atoms with Gasteiger partial charge in [-0.2, -0.15) is 0 Å². The Morgan fingerprint density at radius 1 is 0.547 bits per heavy atom. The third-order valence-electron chi connectivity index (χ3n) is 18.9. The molecule has 18 unspecified atom stereocenters. The van der Waals surface area contributed by atoms with Crippen LogP contribution in [0.3, 0.4) is 0 Å². The summed E-state index contributed by atoms with van der Waals surface area (Å²) in [5, 5.41) is 136. The van der Waals surface area contributed by atoms with Gasteiger partial charge in [-0.1, -0.05) is 237 Å². The van der Waals surface area contributed by atoms with E-state index in [4.69, 9.17) is 28.4 Å². The highest BCUT2D eigenvalue weighted by Crippen LogP contribution is 2.39. The molecule has 95 heavy (non-hydrogen) atoms. The Morgan fingerprint density at radius 2 is 0.989 bits per heavy atom. The molecule has 23 heteroatoms. The maximum absolute atomic E-state index is 13.5. The summed E-state index contributed by atoms with van der Waals surface area (Å²) >= 11 is 0. The number of allylic oxidation sites excluding steroid dienone is 3. The zero-order chi connectivity index (χ0) is 69.6. The molecule has 0 saturated carbocycles. The van der Waals surface area contributed by atoms with Crippen molar-refractivity contribution in [3.8, 4) is 0 Å². The Kier molecular flexibility index (Phi) is 47.5. The molecule has 3 aliphatic rings. The van der Waals surface area contributed by atoms with E-state index in [1.54, 1.807) is 6.08 Å². The average Bonchev–Trinajstić information content (AvgIpc) is 0.757. The predicted octanol–water partition coefficient (Wildman–Crippen LogP) is 8.01. The standard InChI is InChI=1S/C72H132N2O21/c1-4-6-8-10-12-14-16-18-20-22-24-25-26-27-28-30-32-34-36-38-40-42-44-46-59(82)74-53(54(79)45-43-41-39-37-35-33-31-29-23-21-19-17-15-13-11-9-7-5-2)51-90-69-64(86)63(85)66(58(50-77)92-69)93-70-65(87)68(62(84)57(49-76)91-70)95-72(71(88)89)47-55(80)60(73-52(3)78)67(94-72)61(83)56(81)48-75/h27-28,43,45,53-58,60-70,75-77,79-81,83-87H,4-26,29-42,44,46-51H2,1-3H3,(H,73,78)(H,74,82)(H,88,89)/b28-27-,45-43+. The number of carbonyl (C=O) groups is 3. The molecule has 0 aromatic carbocycles. The van der Waals surface area contributed by atoms with Crippen LogP contribution < -0.4 is 10.6 Å². The molecule has 3 saturated heterocycles. The van der Waals surface area contributed by atoms with Crippen molar-refractivity contribution in [1.82, 2.24) is 10.6 Å². The Balaban J connectivity index is 1.57. The van der Waals surface area contributed by atoms with Crippen LogP contribution in [0.2, 0.25) is 0 Å². The molecule has 0 aliphatic carbocycles. The normalized spacial score (nSPS) is 27.8. The lowest BCUT2D eigenvalue weighted by atomic mass is 9.88. The lowest BCUT2D eigenvalue weighted by Crippen LogP contribution is -2.70. The van der Waals surface area contributed by atoms with E-state index < -0.39 is 155 Å². The molecular weight excluding hydrogens is 1230 g/mol. The summed E-state index contributed by atoms with van der Waals surface area (Å²) in [7, 11) is 0. The molecule has 23 nitrogen and oxygen atoms in total. The van der Waals surface area contributed by atoms with Crippen LogP contribution in [0.1, 0.15) is 278 Å². The SMILES string of the molecule is CCCCCCCCCCCCCC/C=C\CCCCCCCCCC(=O)NC(COC1OC(CO)C(OC2OC(CO)C(O)C(OC3(C(=O)O)CC(O)C(NC(C)=O)C(C(O)C(O)CO)O3)C2O)C(O)C1O)C(O)/C=C/CCCCCCCCCCCCCCCCCC. The Morgan fingerprint density at radius 3 is 1.43 bits per heavy atom. The molecule has 3 rings (SSSR count). The number of rotatable bonds is 57. The highest BCUT2D eigenvalue weighted by molar-refractivity contribution is 5.77. The first-order chi connectivity index (χ1) is 45.9. The van der Waals surface area contributed by atoms with E-state index >= 15 is 0 Å². The maximum Gasteiger partial charge on any atom is 0.364 e. The molecule has 0 radical (unpaired) electrons. The van der Waals surface area contributed by atoms with E-state index in [0.717, 1.165) is 77.6 Å². The number of hydrogen-bond donors (Lipinski definition) is 14. The van der Waals surface area contributed by atoms with Gasteiger partial charge in [0.05, 0.1) is 50.7 Å². The Hall–Kier alpha value is -2.79. The lowest BCUT2D eigenvalue weighted by molar-refractivity contribution is -0.386. The van der Waals surface area contributed by atoms with Crippen molar-refractivity contribution in [2.45, 2.75) is 387 Å². The van der Waals surface area contributed by atoms with Gasteiger partial charge in [-0.15, -0.1) is 0 Å². The van der Waals surface area contributed by atoms with Crippen LogP contribution in [0.25, 0.3) is 0 Å². The lowest BCUT2D eigenvalue weighted by Gasteiger charge is -2.50. The van der Waals surface area contributed by atoms with E-state index in [-0.39, 0.29) is 12.3 Å². The molecule has 0 aromatic heterocycles. The minimum atomic E-state index is -3.08. The summed E-state index contributed by atoms with van der Waals surface area (Å²) in [5.74, 6) is -6.14. The number of nitrogens with one attached hydrogen (secondary N) is 2. The van der Waals surface area contributed by atoms with E-state index in [9.17, 15) is 75.7 Å². The summed E-state index contributed by atoms with van der Waals surface area (Å²) in [6.07, 6.45) is 25.0. The van der Waals surface area contributed by atoms with E-state index in [1.165, 1.54) is 161 Å². The van der Waals surface area contributed by atoms with Crippen LogP contribution in [0, 0.1) is 0 Å². The van der Waals surface area contributed by atoms with Gasteiger partial charge in [-0.25, -0.2) is 4.79 Å². The van der Waals surface area contributed by atoms with Crippen LogP contribution in [0.5, 0.6) is 0 Å². The van der Waals surface area contributed by atoms with Crippen molar-refractivity contribution in [3.05, 3.63) is 24.3 Å². The van der Waals surface area contributed by atoms with Gasteiger partial charge in [0.25, 0.3) is 5.79 Å². The first-order valence-corrected chi connectivity index (χ1v) is 37.2. The number of carboxylic acids is 1. The van der Waals surface area contributed by atoms with Crippen molar-refractivity contribution in [2.75, 3.05) is 26.4 Å². The molecule has 0 aromatic rings. The number of carboxylic acid groups (broad SMARTS) is 1. The van der Waals surface area contributed by atoms with Gasteiger partial charge in [-0.3, -0.25) is 9.59 Å². The summed E-state index contributed by atoms with van der Waals surface area (Å²) in [6.45, 7) is 2.16. The predicted molar refractivity (Wildman–Crippen MR) is 361 cm³/mol. The number of ether oxygens (including phenoxy) is 6. The zero-order valence-corrected chi connectivity index (χ0v) is 58.3. The second kappa shape index (κ2) is 52.2. The minimum absolute atomic E-state index is 0.196. The monoisotopic (exact) mass is 1360 g/mol. The Bertz CT molecular complexity index is 2010. The average molecular weight is 1360 g/mol. The van der Waals surface area contributed by atoms with Gasteiger partial charge < -0.3 is 100 Å². The van der Waals surface area contributed by atoms with Crippen LogP contribution in [0.4, 0.5) is 0 Å². The fraction of sp³-hybridized carbons (Fsp3) is 0.903. The number of aliphatic hydroxyl groups excluding tert-OH is 11. The van der Waals surface area contributed by atoms with Crippen LogP contribution >= 0.6 is 0 Å². The zero-order valence-electron chi connectivity index (χ0n) is 58.3. The fourth-order valence-corrected chi connectivity index (χ4v) is 12.9. The Labute approximate surface area is 568 Å². The molecule has 0 spiro atoms. The molecule has 2 amide bonds. The fourth-order valence-electron chi connectivity index (χ4n) is 12.9. The summed E-state index contributed by atoms with van der Waals surface area (Å²) in [6, 6.07) is -2.62. The molecule has 3 aliphatic heterocycles. The highest BCUT2D eigenvalue weighted by atomic mass is 16.8. The van der Waals surface area contributed by atoms with Crippen LogP contribution in [-0.2, 0) is 42.8 Å². The first kappa shape index (κ1) is 86.4. The van der Waals surface area contributed by atoms with Crippen molar-refractivity contribution < 1.29 is 104 Å². The number of hydrogen-bond acceptors (Lipinski definition) is 20. The van der Waals surface area contributed by atoms with Gasteiger partial charge >= 0.3 is 5.97 Å². The third kappa shape index (κ3) is 34.0. The van der Waals surface area contributed by atoms with Crippen molar-refractivity contribution in [1.29, 1.82) is 0 Å². The van der Waals surface area contributed by atoms with Gasteiger partial charge in [0, 0.05) is 19.8 Å². The van der Waals surface area contributed by atoms with Crippen molar-refractivity contribution in [3.63, 3.8) is 0 Å². The molecule has 556 valence electrons. The topological polar surface area (TPSA) is 373 Å². The maximum atomic E-state index is 13.5. The van der Waals surface area contributed by atoms with Crippen molar-refractivity contribution >= 4 is 17.8 Å². The van der Waals surface area contributed by atoms with Gasteiger partial charge in [0.15, 0.2) is 12.6 Å². The molecule has 3 fully saturated rings. The molecular formula is C72H132N2O21. The van der Waals surface area contributed by atoms with E-state index in [2.05, 4.69) is 36.6 Å². The smallest absolute Gasteiger partial charge is 0.364 e. The van der Waals surface area contributed by atoms with E-state index in [1.807, 2.05) is 6.08 Å². The highest BCUT2D eigenvalue weighted by Gasteiger charge is 2.60. The summed E-state index contributed by atoms with van der Waals surface area (Å²) in [4.78, 5) is 38.6. The largest absolute Gasteiger partial charge is 0.477 e.